The third-order valence-electron chi connectivity index (χ3n) is 4.93. The van der Waals surface area contributed by atoms with Crippen molar-refractivity contribution < 1.29 is 9.53 Å². The van der Waals surface area contributed by atoms with Gasteiger partial charge in [0.15, 0.2) is 0 Å². The Morgan fingerprint density at radius 2 is 1.59 bits per heavy atom. The zero-order valence-corrected chi connectivity index (χ0v) is 17.6. The van der Waals surface area contributed by atoms with Gasteiger partial charge in [0.25, 0.3) is 0 Å². The number of anilines is 3. The molecule has 0 saturated carbocycles. The van der Waals surface area contributed by atoms with E-state index in [0.717, 1.165) is 43.3 Å². The van der Waals surface area contributed by atoms with Crippen LogP contribution >= 0.6 is 0 Å². The van der Waals surface area contributed by atoms with Crippen molar-refractivity contribution in [3.8, 4) is 5.75 Å². The first kappa shape index (κ1) is 21.0. The number of benzene rings is 2. The lowest BCUT2D eigenvalue weighted by molar-refractivity contribution is -0.115. The number of carbonyl (C=O) groups is 1. The Morgan fingerprint density at radius 3 is 2.21 bits per heavy atom. The van der Waals surface area contributed by atoms with Gasteiger partial charge in [0.05, 0.1) is 6.10 Å². The van der Waals surface area contributed by atoms with E-state index in [1.807, 2.05) is 38.1 Å². The molecule has 2 N–H and O–H groups in total. The molecular formula is C23H32N4O2. The molecule has 0 bridgehead atoms. The van der Waals surface area contributed by atoms with E-state index >= 15 is 0 Å². The van der Waals surface area contributed by atoms with Crippen LogP contribution < -0.4 is 20.3 Å². The Hall–Kier alpha value is -2.73. The highest BCUT2D eigenvalue weighted by Crippen LogP contribution is 2.20. The number of hydrogen-bond acceptors (Lipinski definition) is 5. The molecule has 6 nitrogen and oxygen atoms in total. The summed E-state index contributed by atoms with van der Waals surface area (Å²) in [5.41, 5.74) is 3.07. The Bertz CT molecular complexity index is 766. The van der Waals surface area contributed by atoms with Crippen molar-refractivity contribution in [1.82, 2.24) is 4.90 Å². The number of ether oxygens (including phenoxy) is 1. The van der Waals surface area contributed by atoms with Crippen molar-refractivity contribution in [2.24, 2.45) is 0 Å². The summed E-state index contributed by atoms with van der Waals surface area (Å²) in [6.07, 6.45) is 0.543. The molecule has 2 aromatic rings. The Morgan fingerprint density at radius 1 is 0.966 bits per heavy atom. The molecule has 3 rings (SSSR count). The summed E-state index contributed by atoms with van der Waals surface area (Å²) in [5.74, 6) is 0.795. The maximum absolute atomic E-state index is 12.2. The van der Waals surface area contributed by atoms with Gasteiger partial charge in [-0.25, -0.2) is 0 Å². The van der Waals surface area contributed by atoms with Gasteiger partial charge in [-0.05, 0) is 69.4 Å². The van der Waals surface area contributed by atoms with Crippen LogP contribution in [-0.2, 0) is 4.79 Å². The summed E-state index contributed by atoms with van der Waals surface area (Å²) in [6.45, 7) is 8.90. The third kappa shape index (κ3) is 6.68. The van der Waals surface area contributed by atoms with Crippen molar-refractivity contribution in [1.29, 1.82) is 0 Å². The fourth-order valence-electron chi connectivity index (χ4n) is 3.29. The van der Waals surface area contributed by atoms with Crippen LogP contribution in [0.15, 0.2) is 48.5 Å². The van der Waals surface area contributed by atoms with Crippen LogP contribution in [0.3, 0.4) is 0 Å². The van der Waals surface area contributed by atoms with E-state index < -0.39 is 0 Å². The van der Waals surface area contributed by atoms with E-state index in [2.05, 4.69) is 51.7 Å². The largest absolute Gasteiger partial charge is 0.491 e. The van der Waals surface area contributed by atoms with Gasteiger partial charge in [-0.1, -0.05) is 0 Å². The van der Waals surface area contributed by atoms with E-state index in [1.54, 1.807) is 0 Å². The average molecular weight is 397 g/mol. The summed E-state index contributed by atoms with van der Waals surface area (Å²) in [4.78, 5) is 16.9. The van der Waals surface area contributed by atoms with Crippen molar-refractivity contribution in [2.75, 3.05) is 55.3 Å². The van der Waals surface area contributed by atoms with E-state index in [9.17, 15) is 4.79 Å². The van der Waals surface area contributed by atoms with Crippen LogP contribution in [0.4, 0.5) is 17.1 Å². The van der Waals surface area contributed by atoms with Crippen molar-refractivity contribution in [2.45, 2.75) is 26.4 Å². The fourth-order valence-corrected chi connectivity index (χ4v) is 3.29. The van der Waals surface area contributed by atoms with E-state index in [4.69, 9.17) is 4.74 Å². The monoisotopic (exact) mass is 396 g/mol. The fraction of sp³-hybridized carbons (Fsp3) is 0.435. The number of piperazine rings is 1. The van der Waals surface area contributed by atoms with Crippen LogP contribution in [0.25, 0.3) is 0 Å². The van der Waals surface area contributed by atoms with E-state index in [-0.39, 0.29) is 12.0 Å². The number of hydrogen-bond donors (Lipinski definition) is 2. The minimum absolute atomic E-state index is 0.0101. The number of likely N-dealkylation sites (N-methyl/N-ethyl adjacent to an activating group) is 1. The Labute approximate surface area is 173 Å². The normalized spacial score (nSPS) is 14.7. The van der Waals surface area contributed by atoms with Crippen molar-refractivity contribution in [3.05, 3.63) is 48.5 Å². The molecule has 6 heteroatoms. The molecule has 1 fully saturated rings. The maximum Gasteiger partial charge on any atom is 0.226 e. The molecule has 0 atom stereocenters. The number of amides is 1. The Kier molecular flexibility index (Phi) is 7.36. The van der Waals surface area contributed by atoms with Gasteiger partial charge < -0.3 is 25.2 Å². The first-order chi connectivity index (χ1) is 14.0. The zero-order chi connectivity index (χ0) is 20.6. The SMILES string of the molecule is CC(C)Oc1ccc(NC(=O)CCNc2ccc(N3CCN(C)CC3)cc2)cc1. The van der Waals surface area contributed by atoms with Crippen LogP contribution in [0.2, 0.25) is 0 Å². The molecule has 0 unspecified atom stereocenters. The van der Waals surface area contributed by atoms with Gasteiger partial charge in [0.2, 0.25) is 5.91 Å². The first-order valence-electron chi connectivity index (χ1n) is 10.3. The first-order valence-corrected chi connectivity index (χ1v) is 10.3. The highest BCUT2D eigenvalue weighted by Gasteiger charge is 2.13. The lowest BCUT2D eigenvalue weighted by Gasteiger charge is -2.34. The second-order valence-electron chi connectivity index (χ2n) is 7.75. The summed E-state index contributed by atoms with van der Waals surface area (Å²) in [5, 5.41) is 6.24. The lowest BCUT2D eigenvalue weighted by atomic mass is 10.2. The van der Waals surface area contributed by atoms with E-state index in [1.165, 1.54) is 5.69 Å². The molecule has 0 spiro atoms. The molecule has 1 aliphatic heterocycles. The lowest BCUT2D eigenvalue weighted by Crippen LogP contribution is -2.44. The van der Waals surface area contributed by atoms with Gasteiger partial charge in [-0.2, -0.15) is 0 Å². The number of rotatable bonds is 8. The smallest absolute Gasteiger partial charge is 0.226 e. The van der Waals surface area contributed by atoms with Crippen LogP contribution in [0, 0.1) is 0 Å². The molecule has 0 radical (unpaired) electrons. The maximum atomic E-state index is 12.2. The summed E-state index contributed by atoms with van der Waals surface area (Å²) < 4.78 is 5.61. The summed E-state index contributed by atoms with van der Waals surface area (Å²) >= 11 is 0. The minimum atomic E-state index is -0.0101. The molecule has 0 aromatic heterocycles. The van der Waals surface area contributed by atoms with Crippen molar-refractivity contribution in [3.63, 3.8) is 0 Å². The topological polar surface area (TPSA) is 56.8 Å². The predicted octanol–water partition coefficient (Wildman–Crippen LogP) is 3.67. The van der Waals surface area contributed by atoms with Crippen molar-refractivity contribution >= 4 is 23.0 Å². The standard InChI is InChI=1S/C23H32N4O2/c1-18(2)29-22-10-6-20(7-11-22)25-23(28)12-13-24-19-4-8-21(9-5-19)27-16-14-26(3)15-17-27/h4-11,18,24H,12-17H2,1-3H3,(H,25,28). The van der Waals surface area contributed by atoms with Crippen LogP contribution in [0.1, 0.15) is 20.3 Å². The van der Waals surface area contributed by atoms with E-state index in [0.29, 0.717) is 13.0 Å². The quantitative estimate of drug-likeness (QED) is 0.713. The van der Waals surface area contributed by atoms with Gasteiger partial charge in [-0.3, -0.25) is 4.79 Å². The molecular weight excluding hydrogens is 364 g/mol. The summed E-state index contributed by atoms with van der Waals surface area (Å²) in [7, 11) is 2.16. The van der Waals surface area contributed by atoms with Gasteiger partial charge in [0.1, 0.15) is 5.75 Å². The van der Waals surface area contributed by atoms with Crippen LogP contribution in [0.5, 0.6) is 5.75 Å². The van der Waals surface area contributed by atoms with Gasteiger partial charge >= 0.3 is 0 Å². The molecule has 1 aliphatic rings. The number of nitrogens with zero attached hydrogens (tertiary/aromatic N) is 2. The zero-order valence-electron chi connectivity index (χ0n) is 17.6. The molecule has 1 saturated heterocycles. The van der Waals surface area contributed by atoms with Gasteiger partial charge in [-0.15, -0.1) is 0 Å². The molecule has 29 heavy (non-hydrogen) atoms. The molecule has 1 amide bonds. The highest BCUT2D eigenvalue weighted by molar-refractivity contribution is 5.91. The predicted molar refractivity (Wildman–Crippen MR) is 120 cm³/mol. The number of nitrogens with one attached hydrogen (secondary N) is 2. The Balaban J connectivity index is 1.39. The average Bonchev–Trinajstić information content (AvgIpc) is 2.70. The minimum Gasteiger partial charge on any atom is -0.491 e. The third-order valence-corrected chi connectivity index (χ3v) is 4.93. The van der Waals surface area contributed by atoms with Gasteiger partial charge in [0, 0.05) is 56.2 Å². The molecule has 2 aromatic carbocycles. The van der Waals surface area contributed by atoms with Crippen LogP contribution in [-0.4, -0.2) is 56.7 Å². The molecule has 156 valence electrons. The number of carbonyl (C=O) groups excluding carboxylic acids is 1. The second-order valence-corrected chi connectivity index (χ2v) is 7.75. The molecule has 0 aliphatic carbocycles. The summed E-state index contributed by atoms with van der Waals surface area (Å²) in [6, 6.07) is 15.9. The highest BCUT2D eigenvalue weighted by atomic mass is 16.5. The second kappa shape index (κ2) is 10.2. The molecule has 1 heterocycles.